The second kappa shape index (κ2) is 7.88. The van der Waals surface area contributed by atoms with Crippen LogP contribution < -0.4 is 5.32 Å². The van der Waals surface area contributed by atoms with E-state index in [-0.39, 0.29) is 29.0 Å². The van der Waals surface area contributed by atoms with E-state index in [1.54, 1.807) is 12.4 Å². The van der Waals surface area contributed by atoms with Crippen LogP contribution >= 0.6 is 23.1 Å². The van der Waals surface area contributed by atoms with Gasteiger partial charge < -0.3 is 5.32 Å². The van der Waals surface area contributed by atoms with Gasteiger partial charge in [0.05, 0.1) is 12.1 Å². The van der Waals surface area contributed by atoms with Gasteiger partial charge in [-0.1, -0.05) is 12.1 Å². The number of anilines is 1. The number of aromatic nitrogens is 2. The minimum atomic E-state index is -4.32. The van der Waals surface area contributed by atoms with Crippen molar-refractivity contribution >= 4 is 34.1 Å². The average molecular weight is 395 g/mol. The van der Waals surface area contributed by atoms with E-state index in [0.717, 1.165) is 11.3 Å². The highest BCUT2D eigenvalue weighted by Crippen LogP contribution is 2.36. The molecule has 26 heavy (non-hydrogen) atoms. The number of amides is 1. The average Bonchev–Trinajstić information content (AvgIpc) is 3.04. The van der Waals surface area contributed by atoms with Crippen LogP contribution in [0.1, 0.15) is 5.56 Å². The predicted octanol–water partition coefficient (Wildman–Crippen LogP) is 5.00. The van der Waals surface area contributed by atoms with Gasteiger partial charge in [-0.15, -0.1) is 11.3 Å². The van der Waals surface area contributed by atoms with E-state index in [1.807, 2.05) is 17.5 Å². The van der Waals surface area contributed by atoms with Gasteiger partial charge in [0.1, 0.15) is 0 Å². The first-order valence-corrected chi connectivity index (χ1v) is 9.09. The highest BCUT2D eigenvalue weighted by atomic mass is 32.2. The molecule has 0 saturated carbocycles. The van der Waals surface area contributed by atoms with Crippen LogP contribution in [0.25, 0.3) is 11.3 Å². The number of halogens is 3. The smallest absolute Gasteiger partial charge is 0.302 e. The predicted molar refractivity (Wildman–Crippen MR) is 96.0 cm³/mol. The monoisotopic (exact) mass is 395 g/mol. The van der Waals surface area contributed by atoms with E-state index in [1.165, 1.54) is 35.6 Å². The Balaban J connectivity index is 1.58. The van der Waals surface area contributed by atoms with Crippen LogP contribution in [-0.2, 0) is 11.2 Å². The number of alkyl halides is 3. The summed E-state index contributed by atoms with van der Waals surface area (Å²) in [6.07, 6.45) is 3.38. The largest absolute Gasteiger partial charge is 0.446 e. The molecule has 9 heteroatoms. The summed E-state index contributed by atoms with van der Waals surface area (Å²) in [5, 5.41) is 4.99. The zero-order valence-corrected chi connectivity index (χ0v) is 14.8. The molecule has 0 saturated heterocycles. The maximum Gasteiger partial charge on any atom is 0.446 e. The van der Waals surface area contributed by atoms with E-state index in [4.69, 9.17) is 0 Å². The summed E-state index contributed by atoms with van der Waals surface area (Å²) in [5.41, 5.74) is -2.06. The van der Waals surface area contributed by atoms with Crippen molar-refractivity contribution in [2.75, 3.05) is 5.32 Å². The molecular weight excluding hydrogens is 383 g/mol. The Morgan fingerprint density at radius 2 is 1.81 bits per heavy atom. The number of pyridine rings is 1. The Labute approximate surface area is 155 Å². The van der Waals surface area contributed by atoms with Gasteiger partial charge in [-0.3, -0.25) is 9.78 Å². The van der Waals surface area contributed by atoms with Gasteiger partial charge in [-0.25, -0.2) is 4.98 Å². The molecule has 0 bridgehead atoms. The third-order valence-corrected chi connectivity index (χ3v) is 4.75. The molecule has 4 nitrogen and oxygen atoms in total. The molecular formula is C17H12F3N3OS2. The van der Waals surface area contributed by atoms with Crippen molar-refractivity contribution in [3.05, 3.63) is 59.7 Å². The Kier molecular flexibility index (Phi) is 5.58. The van der Waals surface area contributed by atoms with E-state index in [2.05, 4.69) is 15.3 Å². The van der Waals surface area contributed by atoms with Crippen LogP contribution in [0, 0.1) is 0 Å². The number of benzene rings is 1. The first-order valence-electron chi connectivity index (χ1n) is 7.39. The van der Waals surface area contributed by atoms with Crippen LogP contribution in [0.2, 0.25) is 0 Å². The quantitative estimate of drug-likeness (QED) is 0.618. The molecule has 0 fully saturated rings. The van der Waals surface area contributed by atoms with Crippen LogP contribution in [-0.4, -0.2) is 21.4 Å². The van der Waals surface area contributed by atoms with Crippen molar-refractivity contribution in [1.82, 2.24) is 9.97 Å². The molecule has 0 aliphatic rings. The van der Waals surface area contributed by atoms with Gasteiger partial charge in [0, 0.05) is 28.2 Å². The Bertz CT molecular complexity index is 880. The second-order valence-electron chi connectivity index (χ2n) is 5.19. The number of nitrogens with zero attached hydrogens (tertiary/aromatic N) is 2. The fourth-order valence-electron chi connectivity index (χ4n) is 2.14. The van der Waals surface area contributed by atoms with Crippen molar-refractivity contribution in [2.45, 2.75) is 16.8 Å². The van der Waals surface area contributed by atoms with Gasteiger partial charge in [0.2, 0.25) is 5.91 Å². The van der Waals surface area contributed by atoms with Crippen molar-refractivity contribution in [3.63, 3.8) is 0 Å². The molecule has 0 atom stereocenters. The van der Waals surface area contributed by atoms with Crippen molar-refractivity contribution in [2.24, 2.45) is 0 Å². The molecule has 1 aromatic carbocycles. The fourth-order valence-corrected chi connectivity index (χ4v) is 3.42. The molecule has 0 aliphatic carbocycles. The Morgan fingerprint density at radius 3 is 2.46 bits per heavy atom. The van der Waals surface area contributed by atoms with Crippen LogP contribution in [0.4, 0.5) is 18.3 Å². The number of hydrogen-bond acceptors (Lipinski definition) is 5. The minimum Gasteiger partial charge on any atom is -0.302 e. The highest BCUT2D eigenvalue weighted by Gasteiger charge is 2.29. The van der Waals surface area contributed by atoms with Gasteiger partial charge in [0.25, 0.3) is 0 Å². The Hall–Kier alpha value is -2.39. The van der Waals surface area contributed by atoms with E-state index < -0.39 is 5.51 Å². The number of thioether (sulfide) groups is 1. The molecule has 0 unspecified atom stereocenters. The number of carbonyl (C=O) groups is 1. The summed E-state index contributed by atoms with van der Waals surface area (Å²) in [7, 11) is 0. The summed E-state index contributed by atoms with van der Waals surface area (Å²) in [4.78, 5) is 20.5. The third-order valence-electron chi connectivity index (χ3n) is 3.25. The number of rotatable bonds is 5. The summed E-state index contributed by atoms with van der Waals surface area (Å²) < 4.78 is 36.9. The first kappa shape index (κ1) is 18.4. The SMILES string of the molecule is O=C(Cc1ccc(SC(F)(F)F)cc1)Nc1nc(-c2ccncc2)cs1. The fraction of sp³-hybridized carbons (Fsp3) is 0.118. The number of hydrogen-bond donors (Lipinski definition) is 1. The lowest BCUT2D eigenvalue weighted by Crippen LogP contribution is -2.14. The first-order chi connectivity index (χ1) is 12.4. The number of carbonyl (C=O) groups excluding carboxylic acids is 1. The van der Waals surface area contributed by atoms with Crippen LogP contribution in [0.15, 0.2) is 59.1 Å². The van der Waals surface area contributed by atoms with E-state index >= 15 is 0 Å². The molecule has 134 valence electrons. The lowest BCUT2D eigenvalue weighted by atomic mass is 10.1. The maximum absolute atomic E-state index is 12.3. The molecule has 1 N–H and O–H groups in total. The normalized spacial score (nSPS) is 11.3. The van der Waals surface area contributed by atoms with Gasteiger partial charge >= 0.3 is 5.51 Å². The minimum absolute atomic E-state index is 0.0567. The van der Waals surface area contributed by atoms with Crippen molar-refractivity contribution in [3.8, 4) is 11.3 Å². The number of nitrogens with one attached hydrogen (secondary N) is 1. The zero-order valence-electron chi connectivity index (χ0n) is 13.2. The van der Waals surface area contributed by atoms with Gasteiger partial charge in [0.15, 0.2) is 5.13 Å². The standard InChI is InChI=1S/C17H12F3N3OS2/c18-17(19,20)26-13-3-1-11(2-4-13)9-15(24)23-16-22-14(10-25-16)12-5-7-21-8-6-12/h1-8,10H,9H2,(H,22,23,24). The van der Waals surface area contributed by atoms with Crippen molar-refractivity contribution in [1.29, 1.82) is 0 Å². The van der Waals surface area contributed by atoms with Gasteiger partial charge in [-0.2, -0.15) is 13.2 Å². The maximum atomic E-state index is 12.3. The molecule has 2 heterocycles. The topological polar surface area (TPSA) is 54.9 Å². The molecule has 3 rings (SSSR count). The molecule has 2 aromatic heterocycles. The van der Waals surface area contributed by atoms with Crippen LogP contribution in [0.5, 0.6) is 0 Å². The zero-order chi connectivity index (χ0) is 18.6. The summed E-state index contributed by atoms with van der Waals surface area (Å²) in [6.45, 7) is 0. The summed E-state index contributed by atoms with van der Waals surface area (Å²) >= 11 is 1.12. The summed E-state index contributed by atoms with van der Waals surface area (Å²) in [6, 6.07) is 9.37. The highest BCUT2D eigenvalue weighted by molar-refractivity contribution is 8.00. The Morgan fingerprint density at radius 1 is 1.12 bits per heavy atom. The van der Waals surface area contributed by atoms with Crippen molar-refractivity contribution < 1.29 is 18.0 Å². The van der Waals surface area contributed by atoms with E-state index in [0.29, 0.717) is 10.7 Å². The van der Waals surface area contributed by atoms with Gasteiger partial charge in [-0.05, 0) is 41.6 Å². The van der Waals surface area contributed by atoms with E-state index in [9.17, 15) is 18.0 Å². The number of thiazole rings is 1. The second-order valence-corrected chi connectivity index (χ2v) is 7.19. The van der Waals surface area contributed by atoms with Crippen LogP contribution in [0.3, 0.4) is 0 Å². The summed E-state index contributed by atoms with van der Waals surface area (Å²) in [5.74, 6) is -0.281. The third kappa shape index (κ3) is 5.30. The molecule has 0 aliphatic heterocycles. The molecule has 1 amide bonds. The molecule has 0 spiro atoms. The molecule has 0 radical (unpaired) electrons. The molecule has 3 aromatic rings. The lowest BCUT2D eigenvalue weighted by Gasteiger charge is -2.06. The lowest BCUT2D eigenvalue weighted by molar-refractivity contribution is -0.115.